The molecule has 0 bridgehead atoms. The Morgan fingerprint density at radius 1 is 1.19 bits per heavy atom. The first kappa shape index (κ1) is 19.0. The molecular formula is C21H14BrClN2O2. The van der Waals surface area contributed by atoms with Crippen LogP contribution >= 0.6 is 27.5 Å². The van der Waals surface area contributed by atoms with E-state index in [-0.39, 0.29) is 5.57 Å². The van der Waals surface area contributed by atoms with Gasteiger partial charge in [0.1, 0.15) is 23.2 Å². The average Bonchev–Trinajstić information content (AvgIpc) is 3.16. The maximum atomic E-state index is 12.2. The number of nitrogens with zero attached hydrogens (tertiary/aromatic N) is 1. The number of amides is 1. The van der Waals surface area contributed by atoms with E-state index in [2.05, 4.69) is 21.2 Å². The highest BCUT2D eigenvalue weighted by Crippen LogP contribution is 2.30. The largest absolute Gasteiger partial charge is 0.457 e. The standard InChI is InChI=1S/C21H14BrClN2O2/c22-18-8-6-15(11-19(18)23)20-9-7-17(27-20)10-16(12-24)21(26)25-13-14-4-2-1-3-5-14/h1-11H,13H2,(H,25,26)/b16-10+. The van der Waals surface area contributed by atoms with E-state index in [1.165, 1.54) is 6.08 Å². The van der Waals surface area contributed by atoms with Gasteiger partial charge in [-0.25, -0.2) is 0 Å². The lowest BCUT2D eigenvalue weighted by Gasteiger charge is -2.04. The maximum absolute atomic E-state index is 12.2. The molecule has 134 valence electrons. The van der Waals surface area contributed by atoms with Gasteiger partial charge in [-0.3, -0.25) is 4.79 Å². The summed E-state index contributed by atoms with van der Waals surface area (Å²) in [7, 11) is 0. The lowest BCUT2D eigenvalue weighted by Crippen LogP contribution is -2.23. The molecule has 27 heavy (non-hydrogen) atoms. The molecule has 0 fully saturated rings. The second-order valence-electron chi connectivity index (χ2n) is 5.67. The summed E-state index contributed by atoms with van der Waals surface area (Å²) in [6.45, 7) is 0.347. The van der Waals surface area contributed by atoms with Crippen LogP contribution in [0, 0.1) is 11.3 Å². The van der Waals surface area contributed by atoms with Crippen LogP contribution in [0.25, 0.3) is 17.4 Å². The fourth-order valence-electron chi connectivity index (χ4n) is 2.40. The van der Waals surface area contributed by atoms with Crippen LogP contribution in [0.1, 0.15) is 11.3 Å². The lowest BCUT2D eigenvalue weighted by atomic mass is 10.2. The number of carbonyl (C=O) groups excluding carboxylic acids is 1. The van der Waals surface area contributed by atoms with Crippen molar-refractivity contribution in [1.29, 1.82) is 5.26 Å². The smallest absolute Gasteiger partial charge is 0.262 e. The Balaban J connectivity index is 1.74. The number of carbonyl (C=O) groups is 1. The van der Waals surface area contributed by atoms with E-state index >= 15 is 0 Å². The summed E-state index contributed by atoms with van der Waals surface area (Å²) in [4.78, 5) is 12.2. The zero-order valence-electron chi connectivity index (χ0n) is 14.1. The number of rotatable bonds is 5. The van der Waals surface area contributed by atoms with Gasteiger partial charge in [-0.1, -0.05) is 48.0 Å². The van der Waals surface area contributed by atoms with Gasteiger partial charge in [-0.05, 0) is 45.8 Å². The Kier molecular flexibility index (Phi) is 6.12. The highest BCUT2D eigenvalue weighted by atomic mass is 79.9. The van der Waals surface area contributed by atoms with Crippen LogP contribution < -0.4 is 5.32 Å². The first-order valence-corrected chi connectivity index (χ1v) is 9.23. The summed E-state index contributed by atoms with van der Waals surface area (Å²) in [6.07, 6.45) is 1.42. The summed E-state index contributed by atoms with van der Waals surface area (Å²) in [5.74, 6) is 0.555. The predicted octanol–water partition coefficient (Wildman–Crippen LogP) is 5.59. The fraction of sp³-hybridized carbons (Fsp3) is 0.0476. The molecule has 6 heteroatoms. The molecule has 0 aliphatic heterocycles. The highest BCUT2D eigenvalue weighted by molar-refractivity contribution is 9.10. The van der Waals surface area contributed by atoms with Crippen LogP contribution in [-0.2, 0) is 11.3 Å². The topological polar surface area (TPSA) is 66.0 Å². The van der Waals surface area contributed by atoms with Gasteiger partial charge < -0.3 is 9.73 Å². The average molecular weight is 442 g/mol. The van der Waals surface area contributed by atoms with E-state index in [9.17, 15) is 10.1 Å². The molecule has 0 saturated carbocycles. The van der Waals surface area contributed by atoms with Crippen molar-refractivity contribution in [3.63, 3.8) is 0 Å². The molecule has 0 aliphatic rings. The number of nitriles is 1. The molecule has 1 heterocycles. The van der Waals surface area contributed by atoms with Crippen molar-refractivity contribution < 1.29 is 9.21 Å². The Morgan fingerprint density at radius 2 is 1.96 bits per heavy atom. The molecule has 0 radical (unpaired) electrons. The Hall–Kier alpha value is -2.81. The summed E-state index contributed by atoms with van der Waals surface area (Å²) in [6, 6.07) is 20.3. The number of hydrogen-bond acceptors (Lipinski definition) is 3. The second-order valence-corrected chi connectivity index (χ2v) is 6.93. The van der Waals surface area contributed by atoms with Crippen LogP contribution in [0.5, 0.6) is 0 Å². The SMILES string of the molecule is N#C/C(=C\c1ccc(-c2ccc(Br)c(Cl)c2)o1)C(=O)NCc1ccccc1. The first-order valence-electron chi connectivity index (χ1n) is 8.06. The molecule has 1 amide bonds. The maximum Gasteiger partial charge on any atom is 0.262 e. The van der Waals surface area contributed by atoms with Gasteiger partial charge >= 0.3 is 0 Å². The molecule has 2 aromatic carbocycles. The van der Waals surface area contributed by atoms with Gasteiger partial charge in [0.2, 0.25) is 0 Å². The highest BCUT2D eigenvalue weighted by Gasteiger charge is 2.11. The normalized spacial score (nSPS) is 11.1. The molecular weight excluding hydrogens is 428 g/mol. The quantitative estimate of drug-likeness (QED) is 0.415. The van der Waals surface area contributed by atoms with Crippen molar-refractivity contribution in [2.24, 2.45) is 0 Å². The molecule has 0 saturated heterocycles. The fourth-order valence-corrected chi connectivity index (χ4v) is 2.83. The Labute approximate surface area is 170 Å². The van der Waals surface area contributed by atoms with Gasteiger partial charge in [0.15, 0.2) is 0 Å². The summed E-state index contributed by atoms with van der Waals surface area (Å²) < 4.78 is 6.52. The van der Waals surface area contributed by atoms with Crippen LogP contribution in [0.4, 0.5) is 0 Å². The molecule has 0 unspecified atom stereocenters. The molecule has 1 aromatic heterocycles. The molecule has 1 N–H and O–H groups in total. The second kappa shape index (κ2) is 8.72. The molecule has 4 nitrogen and oxygen atoms in total. The third-order valence-corrected chi connectivity index (χ3v) is 5.01. The van der Waals surface area contributed by atoms with Gasteiger partial charge in [0.25, 0.3) is 5.91 Å². The Morgan fingerprint density at radius 3 is 2.67 bits per heavy atom. The zero-order valence-corrected chi connectivity index (χ0v) is 16.4. The molecule has 0 aliphatic carbocycles. The van der Waals surface area contributed by atoms with E-state index in [4.69, 9.17) is 16.0 Å². The molecule has 3 rings (SSSR count). The number of benzene rings is 2. The van der Waals surface area contributed by atoms with Gasteiger partial charge in [0, 0.05) is 22.7 Å². The number of halogens is 2. The Bertz CT molecular complexity index is 1040. The van der Waals surface area contributed by atoms with Crippen molar-refractivity contribution in [2.45, 2.75) is 6.54 Å². The van der Waals surface area contributed by atoms with E-state index in [0.29, 0.717) is 23.1 Å². The molecule has 0 atom stereocenters. The predicted molar refractivity (Wildman–Crippen MR) is 109 cm³/mol. The number of hydrogen-bond donors (Lipinski definition) is 1. The molecule has 3 aromatic rings. The summed E-state index contributed by atoms with van der Waals surface area (Å²) in [5, 5.41) is 12.6. The van der Waals surface area contributed by atoms with Crippen molar-refractivity contribution >= 4 is 39.5 Å². The lowest BCUT2D eigenvalue weighted by molar-refractivity contribution is -0.117. The molecule has 0 spiro atoms. The van der Waals surface area contributed by atoms with Gasteiger partial charge in [0.05, 0.1) is 5.02 Å². The minimum Gasteiger partial charge on any atom is -0.457 e. The monoisotopic (exact) mass is 440 g/mol. The number of nitrogens with one attached hydrogen (secondary N) is 1. The van der Waals surface area contributed by atoms with Crippen LogP contribution in [-0.4, -0.2) is 5.91 Å². The minimum atomic E-state index is -0.453. The van der Waals surface area contributed by atoms with E-state index in [1.807, 2.05) is 48.5 Å². The van der Waals surface area contributed by atoms with Crippen molar-refractivity contribution in [3.05, 3.63) is 87.1 Å². The van der Waals surface area contributed by atoms with Gasteiger partial charge in [-0.2, -0.15) is 5.26 Å². The van der Waals surface area contributed by atoms with Crippen molar-refractivity contribution in [3.8, 4) is 17.4 Å². The van der Waals surface area contributed by atoms with Gasteiger partial charge in [-0.15, -0.1) is 0 Å². The van der Waals surface area contributed by atoms with E-state index < -0.39 is 5.91 Å². The van der Waals surface area contributed by atoms with Crippen LogP contribution in [0.15, 0.2) is 75.1 Å². The zero-order chi connectivity index (χ0) is 19.2. The third-order valence-electron chi connectivity index (χ3n) is 3.78. The van der Waals surface area contributed by atoms with E-state index in [1.54, 1.807) is 18.2 Å². The first-order chi connectivity index (χ1) is 13.1. The van der Waals surface area contributed by atoms with E-state index in [0.717, 1.165) is 15.6 Å². The van der Waals surface area contributed by atoms with Crippen molar-refractivity contribution in [2.75, 3.05) is 0 Å². The number of furan rings is 1. The minimum absolute atomic E-state index is 0.0272. The summed E-state index contributed by atoms with van der Waals surface area (Å²) >= 11 is 9.45. The van der Waals surface area contributed by atoms with Crippen LogP contribution in [0.2, 0.25) is 5.02 Å². The third kappa shape index (κ3) is 4.88. The summed E-state index contributed by atoms with van der Waals surface area (Å²) in [5.41, 5.74) is 1.73. The van der Waals surface area contributed by atoms with Crippen LogP contribution in [0.3, 0.4) is 0 Å². The van der Waals surface area contributed by atoms with Crippen molar-refractivity contribution in [1.82, 2.24) is 5.32 Å².